The molecule has 3 N–H and O–H groups in total. The molecule has 3 fully saturated rings. The molecule has 0 aromatic carbocycles. The number of pyridine rings is 1. The summed E-state index contributed by atoms with van der Waals surface area (Å²) >= 11 is 1.08. The number of hydrogen-bond donors (Lipinski definition) is 2. The number of nitriles is 1. The Morgan fingerprint density at radius 3 is 2.72 bits per heavy atom. The molecule has 1 saturated heterocycles. The van der Waals surface area contributed by atoms with Gasteiger partial charge in [-0.15, -0.1) is 0 Å². The molecule has 2 aliphatic heterocycles. The van der Waals surface area contributed by atoms with E-state index in [2.05, 4.69) is 52.2 Å². The third kappa shape index (κ3) is 5.63. The minimum Gasteiger partial charge on any atom is -0.463 e. The number of fused-ring (bicyclic) bond motifs is 2. The Labute approximate surface area is 272 Å². The fraction of sp³-hybridized carbons (Fsp3) is 0.576. The molecular formula is C33H40F2N8O2S. The highest BCUT2D eigenvalue weighted by atomic mass is 32.2. The van der Waals surface area contributed by atoms with E-state index in [-0.39, 0.29) is 44.9 Å². The van der Waals surface area contributed by atoms with Crippen LogP contribution in [0.25, 0.3) is 16.5 Å². The van der Waals surface area contributed by atoms with Crippen molar-refractivity contribution in [3.63, 3.8) is 0 Å². The van der Waals surface area contributed by atoms with Gasteiger partial charge in [-0.1, -0.05) is 17.8 Å². The number of ether oxygens (including phenoxy) is 2. The van der Waals surface area contributed by atoms with Crippen LogP contribution in [0, 0.1) is 28.5 Å². The van der Waals surface area contributed by atoms with Crippen LogP contribution in [0.15, 0.2) is 34.8 Å². The van der Waals surface area contributed by atoms with Crippen molar-refractivity contribution in [1.29, 1.82) is 5.26 Å². The van der Waals surface area contributed by atoms with Crippen LogP contribution in [0.2, 0.25) is 0 Å². The van der Waals surface area contributed by atoms with Gasteiger partial charge in [0.2, 0.25) is 0 Å². The fourth-order valence-corrected chi connectivity index (χ4v) is 8.31. The normalized spacial score (nSPS) is 26.7. The average Bonchev–Trinajstić information content (AvgIpc) is 3.68. The summed E-state index contributed by atoms with van der Waals surface area (Å²) in [4.78, 5) is 18.5. The van der Waals surface area contributed by atoms with Gasteiger partial charge in [0.25, 0.3) is 0 Å². The Balaban J connectivity index is 1.22. The van der Waals surface area contributed by atoms with Gasteiger partial charge >= 0.3 is 6.01 Å². The van der Waals surface area contributed by atoms with Gasteiger partial charge in [0.15, 0.2) is 5.82 Å². The van der Waals surface area contributed by atoms with E-state index < -0.39 is 22.8 Å². The third-order valence-corrected chi connectivity index (χ3v) is 11.6. The van der Waals surface area contributed by atoms with Gasteiger partial charge in [0.1, 0.15) is 22.9 Å². The van der Waals surface area contributed by atoms with Crippen molar-refractivity contribution in [3.8, 4) is 12.1 Å². The number of nitrogens with two attached hydrogens (primary N) is 1. The second kappa shape index (κ2) is 12.0. The Kier molecular flexibility index (Phi) is 8.20. The first-order valence-corrected chi connectivity index (χ1v) is 16.9. The van der Waals surface area contributed by atoms with Crippen LogP contribution < -0.4 is 15.8 Å². The van der Waals surface area contributed by atoms with Crippen LogP contribution in [-0.4, -0.2) is 95.1 Å². The minimum absolute atomic E-state index is 0.00423. The Hall–Kier alpha value is -3.31. The number of nitrogens with one attached hydrogen (secondary N) is 1. The molecule has 2 aromatic heterocycles. The summed E-state index contributed by atoms with van der Waals surface area (Å²) in [6.45, 7) is 6.56. The lowest BCUT2D eigenvalue weighted by molar-refractivity contribution is -0.0273. The number of rotatable bonds is 10. The lowest BCUT2D eigenvalue weighted by Gasteiger charge is -2.47. The zero-order chi connectivity index (χ0) is 32.2. The first-order valence-electron chi connectivity index (χ1n) is 16.0. The van der Waals surface area contributed by atoms with Gasteiger partial charge in [0.05, 0.1) is 46.6 Å². The topological polar surface area (TPSA) is 125 Å². The number of halogens is 2. The van der Waals surface area contributed by atoms with Gasteiger partial charge in [-0.25, -0.2) is 8.78 Å². The maximum absolute atomic E-state index is 16.7. The second-order valence-corrected chi connectivity index (χ2v) is 14.8. The summed E-state index contributed by atoms with van der Waals surface area (Å²) in [7, 11) is 4.15. The molecule has 0 amide bonds. The molecule has 46 heavy (non-hydrogen) atoms. The van der Waals surface area contributed by atoms with Crippen LogP contribution in [0.3, 0.4) is 0 Å². The quantitative estimate of drug-likeness (QED) is 0.374. The number of nitrogens with zero attached hydrogens (tertiary/aromatic N) is 6. The fourth-order valence-electron chi connectivity index (χ4n) is 7.13. The SMILES string of the molecule is C[C@@H]1CN(CC2(COc3nc(NCC4(N(C)C)CCC4)c4cnc(C5=CC=C(F)C6SC(N)=C(C#N)C56)c(F)c4n3)CC2)CCO1. The number of thioether (sulfide) groups is 1. The van der Waals surface area contributed by atoms with Gasteiger partial charge in [-0.05, 0) is 64.8 Å². The molecule has 0 radical (unpaired) electrons. The molecule has 2 saturated carbocycles. The standard InChI is InChI=1S/C33H40F2N8O2S/c1-19-15-43(11-12-44-19)17-32(9-10-32)18-45-31-40-27-22(30(41-31)39-16-33(42(2)3)7-4-8-33)14-38-26(25(27)35)20-5-6-23(34)28-24(20)21(13-36)29(37)46-28/h5-6,14,19,24,28H,4,7-12,15-18,37H2,1-3H3,(H,39,40,41)/t19-,24?,28?/m1/s1. The number of morpholine rings is 1. The monoisotopic (exact) mass is 650 g/mol. The van der Waals surface area contributed by atoms with Gasteiger partial charge in [-0.3, -0.25) is 9.88 Å². The predicted octanol–water partition coefficient (Wildman–Crippen LogP) is 4.62. The van der Waals surface area contributed by atoms with Crippen molar-refractivity contribution in [2.24, 2.45) is 17.1 Å². The number of likely N-dealkylation sites (N-methyl/N-ethyl adjacent to an activating group) is 1. The Bertz CT molecular complexity index is 1680. The summed E-state index contributed by atoms with van der Waals surface area (Å²) in [5, 5.41) is 13.2. The van der Waals surface area contributed by atoms with Crippen LogP contribution in [-0.2, 0) is 4.74 Å². The molecule has 10 nitrogen and oxygen atoms in total. The highest BCUT2D eigenvalue weighted by molar-refractivity contribution is 8.04. The number of aromatic nitrogens is 3. The summed E-state index contributed by atoms with van der Waals surface area (Å²) in [5.41, 5.74) is 6.76. The van der Waals surface area contributed by atoms with Crippen molar-refractivity contribution >= 4 is 34.1 Å². The molecule has 244 valence electrons. The summed E-state index contributed by atoms with van der Waals surface area (Å²) < 4.78 is 43.5. The molecule has 7 rings (SSSR count). The Morgan fingerprint density at radius 1 is 1.24 bits per heavy atom. The molecule has 3 aliphatic carbocycles. The van der Waals surface area contributed by atoms with E-state index in [1.54, 1.807) is 6.20 Å². The zero-order valence-corrected chi connectivity index (χ0v) is 27.3. The van der Waals surface area contributed by atoms with E-state index in [9.17, 15) is 9.65 Å². The third-order valence-electron chi connectivity index (χ3n) is 10.4. The molecule has 0 bridgehead atoms. The van der Waals surface area contributed by atoms with Crippen LogP contribution >= 0.6 is 11.8 Å². The van der Waals surface area contributed by atoms with Gasteiger partial charge in [-0.2, -0.15) is 15.2 Å². The van der Waals surface area contributed by atoms with E-state index in [0.29, 0.717) is 29.9 Å². The van der Waals surface area contributed by atoms with E-state index in [0.717, 1.165) is 70.1 Å². The second-order valence-electron chi connectivity index (χ2n) is 13.6. The lowest BCUT2D eigenvalue weighted by Crippen LogP contribution is -2.54. The zero-order valence-electron chi connectivity index (χ0n) is 26.5. The first-order chi connectivity index (χ1) is 22.1. The molecule has 13 heteroatoms. The molecule has 0 spiro atoms. The first kappa shape index (κ1) is 31.3. The maximum atomic E-state index is 16.7. The predicted molar refractivity (Wildman–Crippen MR) is 174 cm³/mol. The van der Waals surface area contributed by atoms with Crippen LogP contribution in [0.4, 0.5) is 14.6 Å². The molecular weight excluding hydrogens is 610 g/mol. The highest BCUT2D eigenvalue weighted by Crippen LogP contribution is 2.51. The molecule has 4 heterocycles. The molecule has 5 aliphatic rings. The summed E-state index contributed by atoms with van der Waals surface area (Å²) in [6.07, 6.45) is 9.88. The maximum Gasteiger partial charge on any atom is 0.319 e. The van der Waals surface area contributed by atoms with E-state index >= 15 is 4.39 Å². The van der Waals surface area contributed by atoms with E-state index in [1.165, 1.54) is 12.2 Å². The minimum atomic E-state index is -0.745. The number of allylic oxidation sites excluding steroid dienone is 4. The Morgan fingerprint density at radius 2 is 2.04 bits per heavy atom. The van der Waals surface area contributed by atoms with Gasteiger partial charge in [0, 0.05) is 49.2 Å². The van der Waals surface area contributed by atoms with Crippen LogP contribution in [0.1, 0.15) is 44.7 Å². The molecule has 2 aromatic rings. The van der Waals surface area contributed by atoms with E-state index in [1.807, 2.05) is 0 Å². The molecule has 2 unspecified atom stereocenters. The number of anilines is 1. The number of hydrogen-bond acceptors (Lipinski definition) is 11. The van der Waals surface area contributed by atoms with Crippen molar-refractivity contribution in [2.45, 2.75) is 55.9 Å². The highest BCUT2D eigenvalue weighted by Gasteiger charge is 2.46. The average molecular weight is 651 g/mol. The lowest BCUT2D eigenvalue weighted by atomic mass is 9.75. The molecule has 3 atom stereocenters. The van der Waals surface area contributed by atoms with E-state index in [4.69, 9.17) is 20.2 Å². The van der Waals surface area contributed by atoms with Crippen molar-refractivity contribution in [2.75, 3.05) is 58.8 Å². The van der Waals surface area contributed by atoms with Crippen molar-refractivity contribution in [3.05, 3.63) is 46.3 Å². The van der Waals surface area contributed by atoms with Crippen molar-refractivity contribution < 1.29 is 18.3 Å². The van der Waals surface area contributed by atoms with Crippen molar-refractivity contribution in [1.82, 2.24) is 24.8 Å². The largest absolute Gasteiger partial charge is 0.463 e. The summed E-state index contributed by atoms with van der Waals surface area (Å²) in [5.74, 6) is -1.37. The summed E-state index contributed by atoms with van der Waals surface area (Å²) in [6, 6.07) is 2.20. The van der Waals surface area contributed by atoms with Gasteiger partial charge < -0.3 is 25.4 Å². The smallest absolute Gasteiger partial charge is 0.319 e. The van der Waals surface area contributed by atoms with Crippen LogP contribution in [0.5, 0.6) is 6.01 Å².